The molecule has 0 aliphatic heterocycles. The monoisotopic (exact) mass is 392 g/mol. The first-order valence-electron chi connectivity index (χ1n) is 7.79. The number of carbonyl (C=O) groups is 1. The second-order valence-electron chi connectivity index (χ2n) is 6.50. The average molecular weight is 393 g/mol. The molecule has 1 aromatic carbocycles. The number of carbonyl (C=O) groups excluding carboxylic acids is 1. The Bertz CT molecular complexity index is 718. The normalized spacial score (nSPS) is 17.8. The molecule has 24 heavy (non-hydrogen) atoms. The second-order valence-corrected chi connectivity index (χ2v) is 9.60. The van der Waals surface area contributed by atoms with E-state index in [0.717, 1.165) is 31.1 Å². The van der Waals surface area contributed by atoms with Crippen LogP contribution in [-0.4, -0.2) is 38.9 Å². The molecule has 1 aliphatic carbocycles. The average Bonchev–Trinajstić information content (AvgIpc) is 2.44. The van der Waals surface area contributed by atoms with Gasteiger partial charge in [0.05, 0.1) is 11.8 Å². The maximum Gasteiger partial charge on any atom is 0.236 e. The molecule has 1 aliphatic rings. The predicted octanol–water partition coefficient (Wildman–Crippen LogP) is 2.29. The lowest BCUT2D eigenvalue weighted by Gasteiger charge is -2.43. The summed E-state index contributed by atoms with van der Waals surface area (Å²) in [5.41, 5.74) is 6.56. The van der Waals surface area contributed by atoms with Gasteiger partial charge in [-0.3, -0.25) is 4.79 Å². The van der Waals surface area contributed by atoms with Crippen LogP contribution < -0.4 is 11.1 Å². The van der Waals surface area contributed by atoms with Crippen LogP contribution >= 0.6 is 23.2 Å². The predicted molar refractivity (Wildman–Crippen MR) is 97.3 cm³/mol. The van der Waals surface area contributed by atoms with Crippen LogP contribution in [0.5, 0.6) is 0 Å². The van der Waals surface area contributed by atoms with Crippen molar-refractivity contribution in [2.75, 3.05) is 18.6 Å². The molecule has 5 nitrogen and oxygen atoms in total. The molecule has 0 aromatic heterocycles. The summed E-state index contributed by atoms with van der Waals surface area (Å²) in [5.74, 6) is -0.439. The molecule has 1 atom stereocenters. The van der Waals surface area contributed by atoms with Crippen molar-refractivity contribution in [3.63, 3.8) is 0 Å². The Kier molecular flexibility index (Phi) is 6.18. The molecule has 1 fully saturated rings. The van der Waals surface area contributed by atoms with E-state index in [4.69, 9.17) is 28.9 Å². The van der Waals surface area contributed by atoms with Crippen LogP contribution in [0.15, 0.2) is 18.2 Å². The fourth-order valence-electron chi connectivity index (χ4n) is 2.92. The van der Waals surface area contributed by atoms with E-state index in [2.05, 4.69) is 5.32 Å². The van der Waals surface area contributed by atoms with E-state index in [0.29, 0.717) is 16.6 Å². The summed E-state index contributed by atoms with van der Waals surface area (Å²) in [6, 6.07) is 4.57. The minimum atomic E-state index is -3.13. The van der Waals surface area contributed by atoms with Gasteiger partial charge in [-0.1, -0.05) is 35.7 Å². The molecule has 0 spiro atoms. The molecule has 1 aromatic rings. The Hall–Kier alpha value is -0.820. The number of rotatable bonds is 7. The summed E-state index contributed by atoms with van der Waals surface area (Å²) >= 11 is 12.3. The van der Waals surface area contributed by atoms with E-state index in [9.17, 15) is 13.2 Å². The highest BCUT2D eigenvalue weighted by Gasteiger charge is 2.40. The van der Waals surface area contributed by atoms with Crippen LogP contribution in [0.4, 0.5) is 0 Å². The molecule has 8 heteroatoms. The van der Waals surface area contributed by atoms with E-state index in [1.165, 1.54) is 0 Å². The number of sulfone groups is 1. The highest BCUT2D eigenvalue weighted by molar-refractivity contribution is 7.90. The third-order valence-electron chi connectivity index (χ3n) is 4.55. The van der Waals surface area contributed by atoms with Gasteiger partial charge in [0.15, 0.2) is 0 Å². The summed E-state index contributed by atoms with van der Waals surface area (Å²) in [4.78, 5) is 12.1. The van der Waals surface area contributed by atoms with Crippen molar-refractivity contribution in [3.05, 3.63) is 33.8 Å². The number of amides is 1. The zero-order chi connectivity index (χ0) is 18.0. The Labute approximate surface area is 152 Å². The summed E-state index contributed by atoms with van der Waals surface area (Å²) in [5, 5.41) is 4.02. The minimum Gasteiger partial charge on any atom is -0.354 e. The molecule has 1 saturated carbocycles. The van der Waals surface area contributed by atoms with Crippen LogP contribution in [0.25, 0.3) is 0 Å². The molecule has 0 heterocycles. The molecular weight excluding hydrogens is 371 g/mol. The Morgan fingerprint density at radius 1 is 1.38 bits per heavy atom. The van der Waals surface area contributed by atoms with Gasteiger partial charge in [0.1, 0.15) is 9.84 Å². The first-order chi connectivity index (χ1) is 11.1. The minimum absolute atomic E-state index is 0.101. The van der Waals surface area contributed by atoms with Crippen molar-refractivity contribution in [2.24, 2.45) is 5.73 Å². The fourth-order valence-corrected chi connectivity index (χ4v) is 4.22. The number of hydrogen-bond acceptors (Lipinski definition) is 4. The van der Waals surface area contributed by atoms with Crippen LogP contribution in [0.3, 0.4) is 0 Å². The molecule has 1 amide bonds. The SMILES string of the molecule is CS(=O)(=O)CCC(N)C(=O)NCC1(c2ccc(Cl)cc2Cl)CCC1. The van der Waals surface area contributed by atoms with Crippen molar-refractivity contribution in [1.29, 1.82) is 0 Å². The molecule has 1 unspecified atom stereocenters. The van der Waals surface area contributed by atoms with E-state index in [1.807, 2.05) is 6.07 Å². The molecule has 0 saturated heterocycles. The quantitative estimate of drug-likeness (QED) is 0.744. The summed E-state index contributed by atoms with van der Waals surface area (Å²) in [6.45, 7) is 0.430. The van der Waals surface area contributed by atoms with E-state index < -0.39 is 15.9 Å². The van der Waals surface area contributed by atoms with Crippen LogP contribution in [0, 0.1) is 0 Å². The van der Waals surface area contributed by atoms with Gasteiger partial charge in [-0.2, -0.15) is 0 Å². The van der Waals surface area contributed by atoms with Gasteiger partial charge >= 0.3 is 0 Å². The highest BCUT2D eigenvalue weighted by atomic mass is 35.5. The highest BCUT2D eigenvalue weighted by Crippen LogP contribution is 2.46. The van der Waals surface area contributed by atoms with Crippen LogP contribution in [-0.2, 0) is 20.0 Å². The Morgan fingerprint density at radius 3 is 2.54 bits per heavy atom. The third kappa shape index (κ3) is 4.85. The van der Waals surface area contributed by atoms with E-state index in [-0.39, 0.29) is 23.5 Å². The van der Waals surface area contributed by atoms with Gasteiger partial charge in [-0.05, 0) is 37.0 Å². The number of nitrogens with one attached hydrogen (secondary N) is 1. The van der Waals surface area contributed by atoms with Gasteiger partial charge in [0.2, 0.25) is 5.91 Å². The molecule has 0 radical (unpaired) electrons. The molecular formula is C16H22Cl2N2O3S. The number of halogens is 2. The third-order valence-corrected chi connectivity index (χ3v) is 6.08. The molecule has 134 valence electrons. The van der Waals surface area contributed by atoms with Gasteiger partial charge < -0.3 is 11.1 Å². The first kappa shape index (κ1) is 19.5. The van der Waals surface area contributed by atoms with E-state index >= 15 is 0 Å². The first-order valence-corrected chi connectivity index (χ1v) is 10.6. The maximum absolute atomic E-state index is 12.1. The second kappa shape index (κ2) is 7.60. The Morgan fingerprint density at radius 2 is 2.04 bits per heavy atom. The Balaban J connectivity index is 1.99. The largest absolute Gasteiger partial charge is 0.354 e. The summed E-state index contributed by atoms with van der Waals surface area (Å²) in [6.07, 6.45) is 4.15. The van der Waals surface area contributed by atoms with Crippen molar-refractivity contribution in [3.8, 4) is 0 Å². The van der Waals surface area contributed by atoms with Gasteiger partial charge in [-0.25, -0.2) is 8.42 Å². The summed E-state index contributed by atoms with van der Waals surface area (Å²) in [7, 11) is -3.13. The topological polar surface area (TPSA) is 89.3 Å². The lowest BCUT2D eigenvalue weighted by Crippen LogP contribution is -2.50. The van der Waals surface area contributed by atoms with Crippen LogP contribution in [0.1, 0.15) is 31.2 Å². The van der Waals surface area contributed by atoms with Gasteiger partial charge in [0, 0.05) is 28.3 Å². The number of benzene rings is 1. The smallest absolute Gasteiger partial charge is 0.236 e. The lowest BCUT2D eigenvalue weighted by molar-refractivity contribution is -0.122. The zero-order valence-corrected chi connectivity index (χ0v) is 15.8. The van der Waals surface area contributed by atoms with Crippen LogP contribution in [0.2, 0.25) is 10.0 Å². The van der Waals surface area contributed by atoms with Gasteiger partial charge in [-0.15, -0.1) is 0 Å². The molecule has 0 bridgehead atoms. The zero-order valence-electron chi connectivity index (χ0n) is 13.5. The number of nitrogens with two attached hydrogens (primary N) is 1. The molecule has 3 N–H and O–H groups in total. The van der Waals surface area contributed by atoms with Crippen molar-refractivity contribution in [2.45, 2.75) is 37.1 Å². The molecule has 2 rings (SSSR count). The lowest BCUT2D eigenvalue weighted by atomic mass is 9.64. The van der Waals surface area contributed by atoms with Crippen molar-refractivity contribution in [1.82, 2.24) is 5.32 Å². The number of hydrogen-bond donors (Lipinski definition) is 2. The fraction of sp³-hybridized carbons (Fsp3) is 0.562. The van der Waals surface area contributed by atoms with Crippen molar-refractivity contribution >= 4 is 38.9 Å². The maximum atomic E-state index is 12.1. The standard InChI is InChI=1S/C16H22Cl2N2O3S/c1-24(22,23)8-5-14(19)15(21)20-10-16(6-2-7-16)12-4-3-11(17)9-13(12)18/h3-4,9,14H,2,5-8,10,19H2,1H3,(H,20,21). The van der Waals surface area contributed by atoms with E-state index in [1.54, 1.807) is 12.1 Å². The van der Waals surface area contributed by atoms with Crippen molar-refractivity contribution < 1.29 is 13.2 Å². The van der Waals surface area contributed by atoms with Gasteiger partial charge in [0.25, 0.3) is 0 Å². The summed E-state index contributed by atoms with van der Waals surface area (Å²) < 4.78 is 22.3.